The number of hydrogen-bond donors (Lipinski definition) is 1. The third-order valence-corrected chi connectivity index (χ3v) is 5.43. The first-order valence-corrected chi connectivity index (χ1v) is 8.95. The summed E-state index contributed by atoms with van der Waals surface area (Å²) in [5, 5.41) is 7.47. The van der Waals surface area contributed by atoms with Crippen LogP contribution in [0.1, 0.15) is 18.6 Å². The number of benzene rings is 1. The van der Waals surface area contributed by atoms with E-state index in [1.807, 2.05) is 0 Å². The molecule has 0 saturated carbocycles. The summed E-state index contributed by atoms with van der Waals surface area (Å²) in [6.45, 7) is 3.28. The highest BCUT2D eigenvalue weighted by Gasteiger charge is 2.27. The molecule has 4 rings (SSSR count). The number of nitrogens with zero attached hydrogens (tertiary/aromatic N) is 3. The Bertz CT molecular complexity index is 914. The third-order valence-electron chi connectivity index (χ3n) is 4.35. The number of amides is 1. The molecule has 2 aromatic heterocycles. The smallest absolute Gasteiger partial charge is 0.228 e. The number of carbonyl (C=O) groups is 1. The summed E-state index contributed by atoms with van der Waals surface area (Å²) in [6, 6.07) is 6.34. The molecular formula is C17H17FN4O2S. The molecule has 3 heterocycles. The minimum atomic E-state index is -0.249. The summed E-state index contributed by atoms with van der Waals surface area (Å²) < 4.78 is 19.1. The van der Waals surface area contributed by atoms with Gasteiger partial charge in [-0.3, -0.25) is 4.79 Å². The highest BCUT2D eigenvalue weighted by molar-refractivity contribution is 7.22. The van der Waals surface area contributed by atoms with E-state index < -0.39 is 0 Å². The van der Waals surface area contributed by atoms with Gasteiger partial charge in [-0.25, -0.2) is 9.37 Å². The van der Waals surface area contributed by atoms with Crippen LogP contribution in [0.25, 0.3) is 10.2 Å². The zero-order chi connectivity index (χ0) is 17.4. The zero-order valence-electron chi connectivity index (χ0n) is 13.7. The second-order valence-electron chi connectivity index (χ2n) is 6.18. The first-order chi connectivity index (χ1) is 12.1. The van der Waals surface area contributed by atoms with Crippen LogP contribution in [-0.4, -0.2) is 29.1 Å². The summed E-state index contributed by atoms with van der Waals surface area (Å²) in [5.41, 5.74) is 0.808. The van der Waals surface area contributed by atoms with Crippen LogP contribution in [0, 0.1) is 18.7 Å². The monoisotopic (exact) mass is 360 g/mol. The quantitative estimate of drug-likeness (QED) is 0.773. The normalized spacial score (nSPS) is 15.7. The fraction of sp³-hybridized carbons (Fsp3) is 0.353. The molecule has 3 aromatic rings. The van der Waals surface area contributed by atoms with Crippen LogP contribution < -0.4 is 10.2 Å². The maximum atomic E-state index is 13.3. The number of anilines is 2. The minimum Gasteiger partial charge on any atom is -0.360 e. The van der Waals surface area contributed by atoms with Crippen LogP contribution in [0.3, 0.4) is 0 Å². The van der Waals surface area contributed by atoms with Gasteiger partial charge in [0.05, 0.1) is 10.2 Å². The summed E-state index contributed by atoms with van der Waals surface area (Å²) >= 11 is 1.48. The summed E-state index contributed by atoms with van der Waals surface area (Å²) in [4.78, 5) is 19.1. The molecule has 25 heavy (non-hydrogen) atoms. The lowest BCUT2D eigenvalue weighted by molar-refractivity contribution is -0.120. The van der Waals surface area contributed by atoms with Crippen molar-refractivity contribution in [3.8, 4) is 0 Å². The van der Waals surface area contributed by atoms with Gasteiger partial charge in [-0.1, -0.05) is 16.5 Å². The molecule has 0 radical (unpaired) electrons. The average molecular weight is 360 g/mol. The van der Waals surface area contributed by atoms with Crippen molar-refractivity contribution in [3.05, 3.63) is 35.8 Å². The van der Waals surface area contributed by atoms with E-state index in [2.05, 4.69) is 20.4 Å². The van der Waals surface area contributed by atoms with E-state index >= 15 is 0 Å². The summed E-state index contributed by atoms with van der Waals surface area (Å²) in [7, 11) is 0. The maximum absolute atomic E-state index is 13.3. The Morgan fingerprint density at radius 3 is 2.88 bits per heavy atom. The molecular weight excluding hydrogens is 343 g/mol. The number of halogens is 1. The highest BCUT2D eigenvalue weighted by Crippen LogP contribution is 2.32. The molecule has 1 aliphatic heterocycles. The number of hydrogen-bond acceptors (Lipinski definition) is 6. The Hall–Kier alpha value is -2.48. The lowest BCUT2D eigenvalue weighted by Gasteiger charge is -2.30. The van der Waals surface area contributed by atoms with Gasteiger partial charge in [0.2, 0.25) is 5.91 Å². The van der Waals surface area contributed by atoms with Gasteiger partial charge in [-0.05, 0) is 38.0 Å². The molecule has 1 aliphatic rings. The van der Waals surface area contributed by atoms with Crippen molar-refractivity contribution in [3.63, 3.8) is 0 Å². The minimum absolute atomic E-state index is 0.0284. The number of carbonyl (C=O) groups excluding carboxylic acids is 1. The van der Waals surface area contributed by atoms with Gasteiger partial charge in [0, 0.05) is 25.1 Å². The van der Waals surface area contributed by atoms with Gasteiger partial charge < -0.3 is 14.7 Å². The molecule has 1 N–H and O–H groups in total. The van der Waals surface area contributed by atoms with Crippen LogP contribution in [0.15, 0.2) is 28.8 Å². The molecule has 0 atom stereocenters. The van der Waals surface area contributed by atoms with E-state index in [9.17, 15) is 9.18 Å². The Balaban J connectivity index is 1.39. The number of aryl methyl sites for hydroxylation is 1. The van der Waals surface area contributed by atoms with Gasteiger partial charge >= 0.3 is 0 Å². The topological polar surface area (TPSA) is 71.3 Å². The van der Waals surface area contributed by atoms with Gasteiger partial charge in [0.1, 0.15) is 11.6 Å². The van der Waals surface area contributed by atoms with Crippen LogP contribution in [-0.2, 0) is 4.79 Å². The molecule has 0 spiro atoms. The molecule has 0 unspecified atom stereocenters. The van der Waals surface area contributed by atoms with Crippen LogP contribution >= 0.6 is 11.3 Å². The molecule has 0 bridgehead atoms. The molecule has 1 saturated heterocycles. The molecule has 1 fully saturated rings. The standard InChI is InChI=1S/C17H17FN4O2S/c1-10-8-15(21-24-10)20-16(23)11-4-6-22(7-5-11)17-19-13-3-2-12(18)9-14(13)25-17/h2-3,8-9,11H,4-7H2,1H3,(H,20,21,23). The Morgan fingerprint density at radius 1 is 1.36 bits per heavy atom. The van der Waals surface area contributed by atoms with E-state index in [4.69, 9.17) is 4.52 Å². The lowest BCUT2D eigenvalue weighted by atomic mass is 9.96. The fourth-order valence-corrected chi connectivity index (χ4v) is 4.05. The van der Waals surface area contributed by atoms with Gasteiger partial charge in [0.15, 0.2) is 10.9 Å². The van der Waals surface area contributed by atoms with Gasteiger partial charge in [0.25, 0.3) is 0 Å². The van der Waals surface area contributed by atoms with E-state index in [1.54, 1.807) is 19.1 Å². The third kappa shape index (κ3) is 3.34. The van der Waals surface area contributed by atoms with E-state index in [0.717, 1.165) is 41.3 Å². The predicted octanol–water partition coefficient (Wildman–Crippen LogP) is 3.59. The Morgan fingerprint density at radius 2 is 2.16 bits per heavy atom. The number of piperidine rings is 1. The number of nitrogens with one attached hydrogen (secondary N) is 1. The van der Waals surface area contributed by atoms with Crippen molar-refractivity contribution in [1.29, 1.82) is 0 Å². The van der Waals surface area contributed by atoms with Crippen molar-refractivity contribution >= 4 is 38.4 Å². The molecule has 8 heteroatoms. The zero-order valence-corrected chi connectivity index (χ0v) is 14.5. The van der Waals surface area contributed by atoms with Gasteiger partial charge in [-0.2, -0.15) is 0 Å². The Kier molecular flexibility index (Phi) is 4.12. The van der Waals surface area contributed by atoms with Crippen molar-refractivity contribution < 1.29 is 13.7 Å². The first kappa shape index (κ1) is 16.0. The van der Waals surface area contributed by atoms with Crippen LogP contribution in [0.5, 0.6) is 0 Å². The average Bonchev–Trinajstić information content (AvgIpc) is 3.20. The fourth-order valence-electron chi connectivity index (χ4n) is 3.01. The summed E-state index contributed by atoms with van der Waals surface area (Å²) in [6.07, 6.45) is 1.49. The van der Waals surface area contributed by atoms with Crippen molar-refractivity contribution in [2.24, 2.45) is 5.92 Å². The van der Waals surface area contributed by atoms with Crippen molar-refractivity contribution in [1.82, 2.24) is 10.1 Å². The first-order valence-electron chi connectivity index (χ1n) is 8.14. The maximum Gasteiger partial charge on any atom is 0.228 e. The van der Waals surface area contributed by atoms with E-state index in [0.29, 0.717) is 11.6 Å². The van der Waals surface area contributed by atoms with Crippen LogP contribution in [0.4, 0.5) is 15.3 Å². The SMILES string of the molecule is Cc1cc(NC(=O)C2CCN(c3nc4ccc(F)cc4s3)CC2)no1. The summed E-state index contributed by atoms with van der Waals surface area (Å²) in [5.74, 6) is 0.788. The number of thiazole rings is 1. The van der Waals surface area contributed by atoms with Crippen LogP contribution in [0.2, 0.25) is 0 Å². The second-order valence-corrected chi connectivity index (χ2v) is 7.19. The number of aromatic nitrogens is 2. The molecule has 6 nitrogen and oxygen atoms in total. The largest absolute Gasteiger partial charge is 0.360 e. The lowest BCUT2D eigenvalue weighted by Crippen LogP contribution is -2.38. The highest BCUT2D eigenvalue weighted by atomic mass is 32.1. The van der Waals surface area contributed by atoms with E-state index in [1.165, 1.54) is 23.5 Å². The number of fused-ring (bicyclic) bond motifs is 1. The second kappa shape index (κ2) is 6.44. The van der Waals surface area contributed by atoms with E-state index in [-0.39, 0.29) is 17.6 Å². The molecule has 0 aliphatic carbocycles. The molecule has 1 amide bonds. The molecule has 130 valence electrons. The van der Waals surface area contributed by atoms with Crippen molar-refractivity contribution in [2.75, 3.05) is 23.3 Å². The number of rotatable bonds is 3. The predicted molar refractivity (Wildman–Crippen MR) is 94.4 cm³/mol. The van der Waals surface area contributed by atoms with Gasteiger partial charge in [-0.15, -0.1) is 0 Å². The Labute approximate surface area is 147 Å². The van der Waals surface area contributed by atoms with Crippen molar-refractivity contribution in [2.45, 2.75) is 19.8 Å². The molecule has 1 aromatic carbocycles.